The third-order valence-electron chi connectivity index (χ3n) is 4.13. The molecular formula is C16H22Cl2N2O2. The monoisotopic (exact) mass is 344 g/mol. The molecule has 3 N–H and O–H groups in total. The molecular weight excluding hydrogens is 323 g/mol. The van der Waals surface area contributed by atoms with Gasteiger partial charge in [-0.25, -0.2) is 0 Å². The van der Waals surface area contributed by atoms with E-state index < -0.39 is 6.10 Å². The molecule has 1 fully saturated rings. The van der Waals surface area contributed by atoms with Gasteiger partial charge in [-0.15, -0.1) is 0 Å². The van der Waals surface area contributed by atoms with Crippen LogP contribution >= 0.6 is 23.2 Å². The summed E-state index contributed by atoms with van der Waals surface area (Å²) in [5.74, 6) is 0.608. The summed E-state index contributed by atoms with van der Waals surface area (Å²) in [6.07, 6.45) is 3.70. The molecule has 0 spiro atoms. The summed E-state index contributed by atoms with van der Waals surface area (Å²) in [4.78, 5) is 12.3. The number of hydrogen-bond donors (Lipinski definition) is 2. The molecule has 122 valence electrons. The van der Waals surface area contributed by atoms with E-state index in [-0.39, 0.29) is 11.9 Å². The van der Waals surface area contributed by atoms with Crippen LogP contribution in [0.5, 0.6) is 5.75 Å². The van der Waals surface area contributed by atoms with E-state index in [2.05, 4.69) is 5.32 Å². The number of nitrogens with one attached hydrogen (secondary N) is 1. The van der Waals surface area contributed by atoms with Crippen LogP contribution in [-0.2, 0) is 4.79 Å². The van der Waals surface area contributed by atoms with Crippen LogP contribution in [0.1, 0.15) is 32.6 Å². The van der Waals surface area contributed by atoms with E-state index in [1.165, 1.54) is 6.42 Å². The average molecular weight is 345 g/mol. The van der Waals surface area contributed by atoms with Crippen LogP contribution < -0.4 is 15.8 Å². The number of halogens is 2. The molecule has 6 heteroatoms. The van der Waals surface area contributed by atoms with E-state index >= 15 is 0 Å². The van der Waals surface area contributed by atoms with Crippen molar-refractivity contribution in [2.24, 2.45) is 11.7 Å². The molecule has 1 saturated carbocycles. The quantitative estimate of drug-likeness (QED) is 0.860. The molecule has 1 aromatic rings. The summed E-state index contributed by atoms with van der Waals surface area (Å²) in [6, 6.07) is 5.24. The molecule has 0 aliphatic heterocycles. The molecule has 0 aromatic heterocycles. The highest BCUT2D eigenvalue weighted by Crippen LogP contribution is 2.32. The Morgan fingerprint density at radius 2 is 2.14 bits per heavy atom. The van der Waals surface area contributed by atoms with Gasteiger partial charge in [-0.1, -0.05) is 42.1 Å². The van der Waals surface area contributed by atoms with Crippen molar-refractivity contribution in [3.63, 3.8) is 0 Å². The molecule has 0 saturated heterocycles. The Morgan fingerprint density at radius 3 is 2.86 bits per heavy atom. The first-order valence-electron chi connectivity index (χ1n) is 7.64. The van der Waals surface area contributed by atoms with Crippen molar-refractivity contribution >= 4 is 29.1 Å². The van der Waals surface area contributed by atoms with Crippen molar-refractivity contribution in [1.82, 2.24) is 5.32 Å². The zero-order valence-corrected chi connectivity index (χ0v) is 14.2. The summed E-state index contributed by atoms with van der Waals surface area (Å²) in [5, 5.41) is 3.78. The molecule has 1 aliphatic rings. The topological polar surface area (TPSA) is 64.3 Å². The molecule has 1 aromatic carbocycles. The van der Waals surface area contributed by atoms with Crippen LogP contribution in [0.25, 0.3) is 0 Å². The van der Waals surface area contributed by atoms with Crippen LogP contribution in [0.2, 0.25) is 10.0 Å². The highest BCUT2D eigenvalue weighted by Gasteiger charge is 2.27. The highest BCUT2D eigenvalue weighted by atomic mass is 35.5. The predicted molar refractivity (Wildman–Crippen MR) is 89.5 cm³/mol. The van der Waals surface area contributed by atoms with Gasteiger partial charge in [-0.05, 0) is 44.4 Å². The van der Waals surface area contributed by atoms with Gasteiger partial charge in [-0.2, -0.15) is 0 Å². The molecule has 3 atom stereocenters. The minimum Gasteiger partial charge on any atom is -0.479 e. The van der Waals surface area contributed by atoms with Crippen molar-refractivity contribution < 1.29 is 9.53 Å². The van der Waals surface area contributed by atoms with Gasteiger partial charge in [0.15, 0.2) is 6.10 Å². The van der Waals surface area contributed by atoms with Crippen LogP contribution in [0.15, 0.2) is 18.2 Å². The lowest BCUT2D eigenvalue weighted by molar-refractivity contribution is -0.128. The van der Waals surface area contributed by atoms with Gasteiger partial charge in [0, 0.05) is 6.04 Å². The number of nitrogens with two attached hydrogens (primary N) is 1. The van der Waals surface area contributed by atoms with E-state index in [1.54, 1.807) is 25.1 Å². The summed E-state index contributed by atoms with van der Waals surface area (Å²) in [5.41, 5.74) is 5.79. The van der Waals surface area contributed by atoms with Gasteiger partial charge >= 0.3 is 0 Å². The summed E-state index contributed by atoms with van der Waals surface area (Å²) < 4.78 is 5.64. The van der Waals surface area contributed by atoms with E-state index in [9.17, 15) is 4.79 Å². The zero-order valence-electron chi connectivity index (χ0n) is 12.6. The molecule has 22 heavy (non-hydrogen) atoms. The lowest BCUT2D eigenvalue weighted by Crippen LogP contribution is -2.48. The second-order valence-corrected chi connectivity index (χ2v) is 6.49. The third-order valence-corrected chi connectivity index (χ3v) is 4.93. The number of rotatable bonds is 5. The van der Waals surface area contributed by atoms with E-state index in [0.717, 1.165) is 19.3 Å². The Kier molecular flexibility index (Phi) is 6.36. The summed E-state index contributed by atoms with van der Waals surface area (Å²) >= 11 is 12.0. The smallest absolute Gasteiger partial charge is 0.261 e. The molecule has 1 amide bonds. The fourth-order valence-electron chi connectivity index (χ4n) is 2.80. The van der Waals surface area contributed by atoms with Gasteiger partial charge in [0.2, 0.25) is 0 Å². The Hall–Kier alpha value is -0.970. The van der Waals surface area contributed by atoms with Crippen molar-refractivity contribution in [1.29, 1.82) is 0 Å². The Labute approximate surface area is 141 Å². The number of carbonyl (C=O) groups excluding carboxylic acids is 1. The molecule has 3 unspecified atom stereocenters. The number of amides is 1. The Bertz CT molecular complexity index is 525. The number of hydrogen-bond acceptors (Lipinski definition) is 3. The largest absolute Gasteiger partial charge is 0.479 e. The number of carbonyl (C=O) groups is 1. The lowest BCUT2D eigenvalue weighted by atomic mass is 9.84. The van der Waals surface area contributed by atoms with Gasteiger partial charge in [0.05, 0.1) is 5.02 Å². The molecule has 0 radical (unpaired) electrons. The maximum Gasteiger partial charge on any atom is 0.261 e. The fourth-order valence-corrected chi connectivity index (χ4v) is 3.14. The first kappa shape index (κ1) is 17.4. The Balaban J connectivity index is 1.95. The minimum atomic E-state index is -0.642. The minimum absolute atomic E-state index is 0.132. The van der Waals surface area contributed by atoms with Crippen molar-refractivity contribution in [2.45, 2.75) is 44.8 Å². The first-order valence-corrected chi connectivity index (χ1v) is 8.39. The normalized spacial score (nSPS) is 22.9. The van der Waals surface area contributed by atoms with Crippen LogP contribution in [-0.4, -0.2) is 24.6 Å². The van der Waals surface area contributed by atoms with E-state index in [0.29, 0.717) is 28.3 Å². The second kappa shape index (κ2) is 8.04. The SMILES string of the molecule is CC(Oc1cccc(Cl)c1Cl)C(=O)NC1CCCCC1CN. The standard InChI is InChI=1S/C16H22Cl2N2O2/c1-10(22-14-8-4-6-12(17)15(14)18)16(21)20-13-7-3-2-5-11(13)9-19/h4,6,8,10-11,13H,2-3,5,7,9,19H2,1H3,(H,20,21). The van der Waals surface area contributed by atoms with Crippen LogP contribution in [0, 0.1) is 5.92 Å². The maximum absolute atomic E-state index is 12.3. The van der Waals surface area contributed by atoms with Gasteiger partial charge in [0.1, 0.15) is 10.8 Å². The molecule has 2 rings (SSSR count). The maximum atomic E-state index is 12.3. The second-order valence-electron chi connectivity index (χ2n) is 5.71. The fraction of sp³-hybridized carbons (Fsp3) is 0.562. The van der Waals surface area contributed by atoms with E-state index in [4.69, 9.17) is 33.7 Å². The van der Waals surface area contributed by atoms with Gasteiger partial charge in [-0.3, -0.25) is 4.79 Å². The summed E-state index contributed by atoms with van der Waals surface area (Å²) in [7, 11) is 0. The van der Waals surface area contributed by atoms with Crippen LogP contribution in [0.4, 0.5) is 0 Å². The molecule has 1 aliphatic carbocycles. The van der Waals surface area contributed by atoms with Gasteiger partial charge < -0.3 is 15.8 Å². The number of benzene rings is 1. The van der Waals surface area contributed by atoms with Gasteiger partial charge in [0.25, 0.3) is 5.91 Å². The highest BCUT2D eigenvalue weighted by molar-refractivity contribution is 6.42. The molecule has 0 bridgehead atoms. The Morgan fingerprint density at radius 1 is 1.41 bits per heavy atom. The van der Waals surface area contributed by atoms with E-state index in [1.807, 2.05) is 0 Å². The van der Waals surface area contributed by atoms with Crippen molar-refractivity contribution in [3.8, 4) is 5.75 Å². The number of ether oxygens (including phenoxy) is 1. The van der Waals surface area contributed by atoms with Crippen molar-refractivity contribution in [3.05, 3.63) is 28.2 Å². The predicted octanol–water partition coefficient (Wildman–Crippen LogP) is 3.39. The lowest BCUT2D eigenvalue weighted by Gasteiger charge is -2.32. The molecule has 4 nitrogen and oxygen atoms in total. The first-order chi connectivity index (χ1) is 10.5. The third kappa shape index (κ3) is 4.28. The average Bonchev–Trinajstić information content (AvgIpc) is 2.52. The molecule has 0 heterocycles. The van der Waals surface area contributed by atoms with Crippen LogP contribution in [0.3, 0.4) is 0 Å². The summed E-state index contributed by atoms with van der Waals surface area (Å²) in [6.45, 7) is 2.30. The van der Waals surface area contributed by atoms with Crippen molar-refractivity contribution in [2.75, 3.05) is 6.54 Å². The zero-order chi connectivity index (χ0) is 16.1.